The molecule has 2 bridgehead atoms. The van der Waals surface area contributed by atoms with Gasteiger partial charge in [0.05, 0.1) is 37.2 Å². The Morgan fingerprint density at radius 3 is 2.64 bits per heavy atom. The minimum Gasteiger partial charge on any atom is -0.466 e. The number of anilines is 1. The molecule has 3 fully saturated rings. The van der Waals surface area contributed by atoms with E-state index in [1.807, 2.05) is 13.8 Å². The molecule has 1 aromatic rings. The third-order valence-corrected chi connectivity index (χ3v) is 7.85. The Morgan fingerprint density at radius 2 is 2.06 bits per heavy atom. The highest BCUT2D eigenvalue weighted by Crippen LogP contribution is 2.59. The van der Waals surface area contributed by atoms with E-state index in [0.29, 0.717) is 30.0 Å². The van der Waals surface area contributed by atoms with Crippen LogP contribution in [0.25, 0.3) is 0 Å². The third-order valence-electron chi connectivity index (χ3n) is 7.59. The van der Waals surface area contributed by atoms with Gasteiger partial charge >= 0.3 is 5.97 Å². The van der Waals surface area contributed by atoms with Crippen molar-refractivity contribution in [3.8, 4) is 0 Å². The molecule has 3 heterocycles. The molecule has 8 nitrogen and oxygen atoms in total. The van der Waals surface area contributed by atoms with E-state index in [2.05, 4.69) is 6.58 Å². The average molecular weight is 519 g/mol. The number of hydrogen-bond acceptors (Lipinski definition) is 6. The minimum absolute atomic E-state index is 0.169. The molecule has 0 aromatic heterocycles. The van der Waals surface area contributed by atoms with Crippen molar-refractivity contribution in [1.29, 1.82) is 0 Å². The van der Waals surface area contributed by atoms with E-state index in [4.69, 9.17) is 21.1 Å². The number of carbonyl (C=O) groups is 3. The van der Waals surface area contributed by atoms with Crippen LogP contribution >= 0.6 is 11.6 Å². The van der Waals surface area contributed by atoms with E-state index in [1.54, 1.807) is 42.2 Å². The standard InChI is InChI=1S/C27H35ClN2O6/c1-5-13-29(18-9-7-17(28)8-10-18)25(33)23-27-12-11-20(36-27)21(26(34)35-6-2)22(27)24(32)30(23)19(15-31)14-16(3)4/h5,7-10,16,19-23,31H,1,6,11-15H2,2-4H3/t19-,20+,21-,22+,23?,27?/m1/s1. The normalized spacial score (nSPS) is 29.4. The van der Waals surface area contributed by atoms with E-state index in [0.717, 1.165) is 0 Å². The lowest BCUT2D eigenvalue weighted by molar-refractivity contribution is -0.155. The lowest BCUT2D eigenvalue weighted by Gasteiger charge is -2.39. The fourth-order valence-electron chi connectivity index (χ4n) is 6.31. The zero-order valence-corrected chi connectivity index (χ0v) is 21.8. The zero-order valence-electron chi connectivity index (χ0n) is 21.1. The van der Waals surface area contributed by atoms with Crippen molar-refractivity contribution in [2.24, 2.45) is 17.8 Å². The number of ether oxygens (including phenoxy) is 2. The molecule has 3 saturated heterocycles. The van der Waals surface area contributed by atoms with Gasteiger partial charge < -0.3 is 24.4 Å². The number of benzene rings is 1. The number of carbonyl (C=O) groups excluding carboxylic acids is 3. The van der Waals surface area contributed by atoms with Crippen LogP contribution in [0.4, 0.5) is 5.69 Å². The van der Waals surface area contributed by atoms with Gasteiger partial charge in [-0.25, -0.2) is 0 Å². The van der Waals surface area contributed by atoms with Gasteiger partial charge in [0, 0.05) is 17.3 Å². The van der Waals surface area contributed by atoms with Crippen LogP contribution in [0.1, 0.15) is 40.0 Å². The maximum atomic E-state index is 14.4. The van der Waals surface area contributed by atoms with Crippen molar-refractivity contribution in [3.63, 3.8) is 0 Å². The quantitative estimate of drug-likeness (QED) is 0.377. The van der Waals surface area contributed by atoms with Crippen molar-refractivity contribution < 1.29 is 29.0 Å². The third kappa shape index (κ3) is 4.33. The van der Waals surface area contributed by atoms with E-state index >= 15 is 0 Å². The van der Waals surface area contributed by atoms with Crippen LogP contribution in [0.3, 0.4) is 0 Å². The molecule has 2 unspecified atom stereocenters. The van der Waals surface area contributed by atoms with E-state index < -0.39 is 41.6 Å². The second-order valence-corrected chi connectivity index (χ2v) is 10.7. The van der Waals surface area contributed by atoms with Crippen LogP contribution in [0.15, 0.2) is 36.9 Å². The van der Waals surface area contributed by atoms with Crippen molar-refractivity contribution >= 4 is 35.1 Å². The molecule has 1 aromatic carbocycles. The fourth-order valence-corrected chi connectivity index (χ4v) is 6.44. The van der Waals surface area contributed by atoms with Crippen molar-refractivity contribution in [1.82, 2.24) is 4.90 Å². The van der Waals surface area contributed by atoms with Gasteiger partial charge in [-0.05, 0) is 56.4 Å². The molecule has 3 aliphatic rings. The number of hydrogen-bond donors (Lipinski definition) is 1. The van der Waals surface area contributed by atoms with Crippen LogP contribution in [0, 0.1) is 17.8 Å². The van der Waals surface area contributed by atoms with E-state index in [-0.39, 0.29) is 37.5 Å². The predicted molar refractivity (Wildman–Crippen MR) is 135 cm³/mol. The predicted octanol–water partition coefficient (Wildman–Crippen LogP) is 3.20. The Bertz CT molecular complexity index is 1010. The molecule has 9 heteroatoms. The molecule has 0 radical (unpaired) electrons. The number of nitrogens with zero attached hydrogens (tertiary/aromatic N) is 2. The summed E-state index contributed by atoms with van der Waals surface area (Å²) in [4.78, 5) is 44.5. The van der Waals surface area contributed by atoms with E-state index in [1.165, 1.54) is 4.90 Å². The summed E-state index contributed by atoms with van der Waals surface area (Å²) < 4.78 is 11.8. The molecule has 1 N–H and O–H groups in total. The number of aliphatic hydroxyl groups excluding tert-OH is 1. The van der Waals surface area contributed by atoms with Gasteiger partial charge in [0.25, 0.3) is 5.91 Å². The second-order valence-electron chi connectivity index (χ2n) is 10.2. The lowest BCUT2D eigenvalue weighted by atomic mass is 9.70. The van der Waals surface area contributed by atoms with Gasteiger partial charge in [-0.2, -0.15) is 0 Å². The van der Waals surface area contributed by atoms with E-state index in [9.17, 15) is 19.5 Å². The summed E-state index contributed by atoms with van der Waals surface area (Å²) in [6.45, 7) is 9.64. The van der Waals surface area contributed by atoms with Gasteiger partial charge in [0.2, 0.25) is 5.91 Å². The lowest BCUT2D eigenvalue weighted by Crippen LogP contribution is -2.59. The summed E-state index contributed by atoms with van der Waals surface area (Å²) in [5.41, 5.74) is -0.553. The Kier molecular flexibility index (Phi) is 7.78. The second kappa shape index (κ2) is 10.5. The highest BCUT2D eigenvalue weighted by atomic mass is 35.5. The SMILES string of the molecule is C=CCN(C(=O)C1N([C@@H](CO)CC(C)C)C(=O)[C@@H]2[C@H](C(=O)OCC)[C@@H]3CCC12O3)c1ccc(Cl)cc1. The molecular weight excluding hydrogens is 484 g/mol. The van der Waals surface area contributed by atoms with Crippen LogP contribution in [-0.4, -0.2) is 71.3 Å². The number of amides is 2. The Hall–Kier alpha value is -2.42. The summed E-state index contributed by atoms with van der Waals surface area (Å²) in [5, 5.41) is 10.9. The molecular formula is C27H35ClN2O6. The Labute approximate surface area is 217 Å². The minimum atomic E-state index is -1.16. The van der Waals surface area contributed by atoms with Crippen LogP contribution < -0.4 is 4.90 Å². The maximum Gasteiger partial charge on any atom is 0.312 e. The highest BCUT2D eigenvalue weighted by Gasteiger charge is 2.75. The molecule has 6 atom stereocenters. The van der Waals surface area contributed by atoms with Crippen LogP contribution in [0.2, 0.25) is 5.02 Å². The Morgan fingerprint density at radius 1 is 1.36 bits per heavy atom. The summed E-state index contributed by atoms with van der Waals surface area (Å²) in [5.74, 6) is -2.57. The average Bonchev–Trinajstić information content (AvgIpc) is 3.49. The van der Waals surface area contributed by atoms with Gasteiger partial charge in [-0.1, -0.05) is 31.5 Å². The molecule has 1 spiro atoms. The molecule has 196 valence electrons. The van der Waals surface area contributed by atoms with Crippen molar-refractivity contribution in [3.05, 3.63) is 41.9 Å². The molecule has 36 heavy (non-hydrogen) atoms. The smallest absolute Gasteiger partial charge is 0.312 e. The summed E-state index contributed by atoms with van der Waals surface area (Å²) in [6.07, 6.45) is 2.68. The summed E-state index contributed by atoms with van der Waals surface area (Å²) in [7, 11) is 0. The number of esters is 1. The van der Waals surface area contributed by atoms with Gasteiger partial charge in [-0.3, -0.25) is 14.4 Å². The van der Waals surface area contributed by atoms with Crippen LogP contribution in [-0.2, 0) is 23.9 Å². The Balaban J connectivity index is 1.81. The molecule has 2 amide bonds. The maximum absolute atomic E-state index is 14.4. The molecule has 0 saturated carbocycles. The first-order chi connectivity index (χ1) is 17.2. The van der Waals surface area contributed by atoms with Crippen LogP contribution in [0.5, 0.6) is 0 Å². The summed E-state index contributed by atoms with van der Waals surface area (Å²) in [6, 6.07) is 5.29. The summed E-state index contributed by atoms with van der Waals surface area (Å²) >= 11 is 6.08. The van der Waals surface area contributed by atoms with Crippen molar-refractivity contribution in [2.75, 3.05) is 24.7 Å². The fraction of sp³-hybridized carbons (Fsp3) is 0.593. The van der Waals surface area contributed by atoms with Gasteiger partial charge in [0.15, 0.2) is 0 Å². The first kappa shape index (κ1) is 26.6. The van der Waals surface area contributed by atoms with Gasteiger partial charge in [0.1, 0.15) is 11.6 Å². The van der Waals surface area contributed by atoms with Crippen molar-refractivity contribution in [2.45, 2.75) is 63.8 Å². The largest absolute Gasteiger partial charge is 0.466 e. The molecule has 3 aliphatic heterocycles. The number of rotatable bonds is 10. The number of aliphatic hydroxyl groups is 1. The topological polar surface area (TPSA) is 96.4 Å². The monoisotopic (exact) mass is 518 g/mol. The van der Waals surface area contributed by atoms with Gasteiger partial charge in [-0.15, -0.1) is 6.58 Å². The zero-order chi connectivity index (χ0) is 26.2. The number of halogens is 1. The highest BCUT2D eigenvalue weighted by molar-refractivity contribution is 6.30. The number of likely N-dealkylation sites (tertiary alicyclic amines) is 1. The molecule has 4 rings (SSSR count). The first-order valence-corrected chi connectivity index (χ1v) is 13.0. The first-order valence-electron chi connectivity index (χ1n) is 12.6. The number of fused-ring (bicyclic) bond motifs is 1. The molecule has 0 aliphatic carbocycles.